The highest BCUT2D eigenvalue weighted by Gasteiger charge is 2.32. The Bertz CT molecular complexity index is 1100. The number of aliphatic imine (C=N–C) groups is 1. The summed E-state index contributed by atoms with van der Waals surface area (Å²) in [6.07, 6.45) is 2.45. The molecule has 172 valence electrons. The molecule has 4 rings (SSSR count). The van der Waals surface area contributed by atoms with Gasteiger partial charge in [-0.15, -0.1) is 0 Å². The molecule has 0 bridgehead atoms. The molecule has 0 unspecified atom stereocenters. The minimum Gasteiger partial charge on any atom is -0.454 e. The van der Waals surface area contributed by atoms with Gasteiger partial charge in [0.25, 0.3) is 5.91 Å². The van der Waals surface area contributed by atoms with Crippen molar-refractivity contribution in [2.45, 2.75) is 13.3 Å². The SMILES string of the molecule is COCCCNC(=O)CSC1=N/C(=C\c2ccc3c(c2)OCO3)C(=O)N1c1ccc(C)cc1. The Morgan fingerprint density at radius 3 is 2.79 bits per heavy atom. The molecular formula is C24H25N3O5S. The van der Waals surface area contributed by atoms with Gasteiger partial charge in [-0.25, -0.2) is 4.99 Å². The fourth-order valence-corrected chi connectivity index (χ4v) is 4.14. The van der Waals surface area contributed by atoms with Crippen LogP contribution in [0.25, 0.3) is 6.08 Å². The largest absolute Gasteiger partial charge is 0.454 e. The zero-order valence-electron chi connectivity index (χ0n) is 18.5. The van der Waals surface area contributed by atoms with Gasteiger partial charge in [0.1, 0.15) is 5.70 Å². The van der Waals surface area contributed by atoms with E-state index >= 15 is 0 Å². The second-order valence-corrected chi connectivity index (χ2v) is 8.44. The first-order valence-electron chi connectivity index (χ1n) is 10.5. The van der Waals surface area contributed by atoms with E-state index in [1.165, 1.54) is 11.8 Å². The number of nitrogens with zero attached hydrogens (tertiary/aromatic N) is 2. The summed E-state index contributed by atoms with van der Waals surface area (Å²) in [7, 11) is 1.63. The van der Waals surface area contributed by atoms with Crippen molar-refractivity contribution < 1.29 is 23.8 Å². The van der Waals surface area contributed by atoms with Crippen LogP contribution in [0.15, 0.2) is 53.2 Å². The number of carbonyl (C=O) groups is 2. The topological polar surface area (TPSA) is 89.5 Å². The van der Waals surface area contributed by atoms with E-state index in [1.54, 1.807) is 24.2 Å². The van der Waals surface area contributed by atoms with Crippen molar-refractivity contribution in [3.63, 3.8) is 0 Å². The van der Waals surface area contributed by atoms with E-state index in [4.69, 9.17) is 14.2 Å². The van der Waals surface area contributed by atoms with Crippen LogP contribution in [-0.2, 0) is 14.3 Å². The lowest BCUT2D eigenvalue weighted by atomic mass is 10.1. The number of methoxy groups -OCH3 is 1. The van der Waals surface area contributed by atoms with E-state index < -0.39 is 0 Å². The number of nitrogens with one attached hydrogen (secondary N) is 1. The van der Waals surface area contributed by atoms with Crippen molar-refractivity contribution in [2.75, 3.05) is 37.7 Å². The molecule has 0 fully saturated rings. The summed E-state index contributed by atoms with van der Waals surface area (Å²) in [6.45, 7) is 3.29. The van der Waals surface area contributed by atoms with Gasteiger partial charge in [0, 0.05) is 20.3 Å². The van der Waals surface area contributed by atoms with Crippen molar-refractivity contribution in [1.29, 1.82) is 0 Å². The van der Waals surface area contributed by atoms with Crippen molar-refractivity contribution in [3.05, 3.63) is 59.3 Å². The zero-order valence-corrected chi connectivity index (χ0v) is 19.3. The first-order chi connectivity index (χ1) is 16.0. The number of hydrogen-bond acceptors (Lipinski definition) is 7. The number of aryl methyl sites for hydroxylation is 1. The molecule has 0 aliphatic carbocycles. The number of carbonyl (C=O) groups excluding carboxylic acids is 2. The van der Waals surface area contributed by atoms with Gasteiger partial charge in [-0.3, -0.25) is 14.5 Å². The molecule has 1 N–H and O–H groups in total. The van der Waals surface area contributed by atoms with Crippen LogP contribution < -0.4 is 19.7 Å². The Morgan fingerprint density at radius 2 is 2.00 bits per heavy atom. The summed E-state index contributed by atoms with van der Waals surface area (Å²) in [5, 5.41) is 3.31. The highest BCUT2D eigenvalue weighted by molar-refractivity contribution is 8.14. The number of thioether (sulfide) groups is 1. The molecule has 9 heteroatoms. The predicted octanol–water partition coefficient (Wildman–Crippen LogP) is 3.35. The fourth-order valence-electron chi connectivity index (χ4n) is 3.30. The highest BCUT2D eigenvalue weighted by Crippen LogP contribution is 2.34. The van der Waals surface area contributed by atoms with E-state index in [-0.39, 0.29) is 30.1 Å². The predicted molar refractivity (Wildman–Crippen MR) is 129 cm³/mol. The van der Waals surface area contributed by atoms with Crippen LogP contribution in [0.5, 0.6) is 11.5 Å². The lowest BCUT2D eigenvalue weighted by Crippen LogP contribution is -2.32. The third kappa shape index (κ3) is 5.55. The van der Waals surface area contributed by atoms with Crippen LogP contribution in [0.1, 0.15) is 17.5 Å². The van der Waals surface area contributed by atoms with Gasteiger partial charge in [-0.2, -0.15) is 0 Å². The molecule has 0 aromatic heterocycles. The number of anilines is 1. The fraction of sp³-hybridized carbons (Fsp3) is 0.292. The van der Waals surface area contributed by atoms with Gasteiger partial charge >= 0.3 is 0 Å². The van der Waals surface area contributed by atoms with E-state index in [0.717, 1.165) is 17.5 Å². The van der Waals surface area contributed by atoms with Crippen LogP contribution in [-0.4, -0.2) is 49.8 Å². The molecular weight excluding hydrogens is 442 g/mol. The molecule has 0 spiro atoms. The molecule has 2 heterocycles. The van der Waals surface area contributed by atoms with Crippen molar-refractivity contribution in [1.82, 2.24) is 5.32 Å². The first-order valence-corrected chi connectivity index (χ1v) is 11.5. The number of amidine groups is 1. The lowest BCUT2D eigenvalue weighted by molar-refractivity contribution is -0.118. The number of ether oxygens (including phenoxy) is 3. The molecule has 2 aliphatic heterocycles. The van der Waals surface area contributed by atoms with Gasteiger partial charge in [-0.1, -0.05) is 35.5 Å². The van der Waals surface area contributed by atoms with Gasteiger partial charge in [0.15, 0.2) is 16.7 Å². The molecule has 2 amide bonds. The van der Waals surface area contributed by atoms with Crippen molar-refractivity contribution in [2.24, 2.45) is 4.99 Å². The molecule has 0 radical (unpaired) electrons. The minimum atomic E-state index is -0.250. The second-order valence-electron chi connectivity index (χ2n) is 7.50. The van der Waals surface area contributed by atoms with Gasteiger partial charge < -0.3 is 19.5 Å². The molecule has 2 aliphatic rings. The molecule has 33 heavy (non-hydrogen) atoms. The average molecular weight is 468 g/mol. The summed E-state index contributed by atoms with van der Waals surface area (Å²) in [6, 6.07) is 13.1. The molecule has 0 saturated heterocycles. The third-order valence-electron chi connectivity index (χ3n) is 5.00. The van der Waals surface area contributed by atoms with E-state index in [2.05, 4.69) is 10.3 Å². The van der Waals surface area contributed by atoms with Crippen LogP contribution in [0, 0.1) is 6.92 Å². The lowest BCUT2D eigenvalue weighted by Gasteiger charge is -2.18. The maximum atomic E-state index is 13.3. The average Bonchev–Trinajstić information content (AvgIpc) is 3.40. The number of benzene rings is 2. The van der Waals surface area contributed by atoms with Crippen LogP contribution >= 0.6 is 11.8 Å². The molecule has 2 aromatic rings. The Balaban J connectivity index is 1.54. The van der Waals surface area contributed by atoms with Crippen molar-refractivity contribution in [3.8, 4) is 11.5 Å². The molecule has 0 atom stereocenters. The maximum absolute atomic E-state index is 13.3. The van der Waals surface area contributed by atoms with Crippen LogP contribution in [0.3, 0.4) is 0 Å². The van der Waals surface area contributed by atoms with Gasteiger partial charge in [0.05, 0.1) is 11.4 Å². The number of hydrogen-bond donors (Lipinski definition) is 1. The Hall–Kier alpha value is -3.30. The van der Waals surface area contributed by atoms with E-state index in [1.807, 2.05) is 43.3 Å². The zero-order chi connectivity index (χ0) is 23.2. The third-order valence-corrected chi connectivity index (χ3v) is 5.94. The summed E-state index contributed by atoms with van der Waals surface area (Å²) in [5.41, 5.74) is 2.85. The van der Waals surface area contributed by atoms with E-state index in [0.29, 0.717) is 35.5 Å². The highest BCUT2D eigenvalue weighted by atomic mass is 32.2. The van der Waals surface area contributed by atoms with Crippen LogP contribution in [0.4, 0.5) is 5.69 Å². The molecule has 8 nitrogen and oxygen atoms in total. The monoisotopic (exact) mass is 467 g/mol. The number of fused-ring (bicyclic) bond motifs is 1. The molecule has 2 aromatic carbocycles. The number of amides is 2. The first kappa shape index (κ1) is 22.9. The Morgan fingerprint density at radius 1 is 1.21 bits per heavy atom. The maximum Gasteiger partial charge on any atom is 0.283 e. The van der Waals surface area contributed by atoms with Gasteiger partial charge in [-0.05, 0) is 49.2 Å². The van der Waals surface area contributed by atoms with E-state index in [9.17, 15) is 9.59 Å². The summed E-state index contributed by atoms with van der Waals surface area (Å²) in [4.78, 5) is 31.6. The van der Waals surface area contributed by atoms with Crippen molar-refractivity contribution >= 4 is 40.5 Å². The Kier molecular flexibility index (Phi) is 7.31. The van der Waals surface area contributed by atoms with Gasteiger partial charge in [0.2, 0.25) is 12.7 Å². The summed E-state index contributed by atoms with van der Waals surface area (Å²) in [5.74, 6) is 1.09. The normalized spacial score (nSPS) is 15.8. The summed E-state index contributed by atoms with van der Waals surface area (Å²) >= 11 is 1.23. The second kappa shape index (κ2) is 10.5. The standard InChI is InChI=1S/C24H25N3O5S/c1-16-4-7-18(8-5-16)27-23(29)19(12-17-6-9-20-21(13-17)32-15-31-20)26-24(27)33-14-22(28)25-10-3-11-30-2/h4-9,12-13H,3,10-11,14-15H2,1-2H3,(H,25,28)/b19-12-. The number of rotatable bonds is 8. The smallest absolute Gasteiger partial charge is 0.283 e. The Labute approximate surface area is 196 Å². The van der Waals surface area contributed by atoms with Crippen LogP contribution in [0.2, 0.25) is 0 Å². The minimum absolute atomic E-state index is 0.122. The quantitative estimate of drug-likeness (QED) is 0.473. The summed E-state index contributed by atoms with van der Waals surface area (Å²) < 4.78 is 15.8. The molecule has 0 saturated carbocycles.